The van der Waals surface area contributed by atoms with E-state index >= 15 is 0 Å². The molecule has 4 heteroatoms. The number of hydrogen-bond donors (Lipinski definition) is 1. The molecule has 0 bridgehead atoms. The maximum atomic E-state index is 11.7. The standard InChI is InChI=1S/C13H18INOSi/c1-17(2,3)12(14)9-13(16)15-10-11-7-5-4-6-8-11/h4-9H,10H2,1-3H3,(H,15,16)/b12-9+. The monoisotopic (exact) mass is 359 g/mol. The molecule has 92 valence electrons. The summed E-state index contributed by atoms with van der Waals surface area (Å²) < 4.78 is 1.20. The Morgan fingerprint density at radius 2 is 1.88 bits per heavy atom. The van der Waals surface area contributed by atoms with Crippen molar-refractivity contribution in [1.29, 1.82) is 0 Å². The number of hydrogen-bond acceptors (Lipinski definition) is 1. The Balaban J connectivity index is 2.52. The lowest BCUT2D eigenvalue weighted by atomic mass is 10.2. The first-order valence-corrected chi connectivity index (χ1v) is 10.2. The van der Waals surface area contributed by atoms with Gasteiger partial charge in [0.05, 0.1) is 8.07 Å². The second-order valence-corrected chi connectivity index (χ2v) is 12.2. The minimum absolute atomic E-state index is 0.000628. The van der Waals surface area contributed by atoms with Crippen molar-refractivity contribution in [2.75, 3.05) is 0 Å². The molecule has 0 aliphatic carbocycles. The molecule has 2 nitrogen and oxygen atoms in total. The van der Waals surface area contributed by atoms with E-state index in [-0.39, 0.29) is 5.91 Å². The molecular weight excluding hydrogens is 341 g/mol. The minimum Gasteiger partial charge on any atom is -0.348 e. The van der Waals surface area contributed by atoms with E-state index < -0.39 is 8.07 Å². The highest BCUT2D eigenvalue weighted by Gasteiger charge is 2.17. The van der Waals surface area contributed by atoms with Crippen molar-refractivity contribution in [3.63, 3.8) is 0 Å². The highest BCUT2D eigenvalue weighted by molar-refractivity contribution is 14.1. The molecule has 1 aromatic rings. The fourth-order valence-corrected chi connectivity index (χ4v) is 2.01. The Morgan fingerprint density at radius 1 is 1.29 bits per heavy atom. The molecule has 0 aliphatic heterocycles. The molecule has 1 rings (SSSR count). The molecule has 0 aromatic heterocycles. The van der Waals surface area contributed by atoms with Crippen molar-refractivity contribution in [2.24, 2.45) is 0 Å². The van der Waals surface area contributed by atoms with Gasteiger partial charge >= 0.3 is 0 Å². The lowest BCUT2D eigenvalue weighted by Crippen LogP contribution is -2.25. The average molecular weight is 359 g/mol. The van der Waals surface area contributed by atoms with Crippen LogP contribution in [0.5, 0.6) is 0 Å². The van der Waals surface area contributed by atoms with Crippen LogP contribution in [0, 0.1) is 0 Å². The van der Waals surface area contributed by atoms with E-state index in [1.807, 2.05) is 30.3 Å². The molecule has 1 amide bonds. The zero-order valence-electron chi connectivity index (χ0n) is 10.5. The smallest absolute Gasteiger partial charge is 0.244 e. The molecule has 0 atom stereocenters. The molecule has 0 heterocycles. The van der Waals surface area contributed by atoms with Crippen LogP contribution in [0.3, 0.4) is 0 Å². The fraction of sp³-hybridized carbons (Fsp3) is 0.308. The fourth-order valence-electron chi connectivity index (χ4n) is 1.17. The molecule has 1 N–H and O–H groups in total. The number of carbonyl (C=O) groups excluding carboxylic acids is 1. The Morgan fingerprint density at radius 3 is 2.41 bits per heavy atom. The summed E-state index contributed by atoms with van der Waals surface area (Å²) in [5.41, 5.74) is 1.12. The Bertz CT molecular complexity index is 409. The highest BCUT2D eigenvalue weighted by Crippen LogP contribution is 2.20. The highest BCUT2D eigenvalue weighted by atomic mass is 127. The molecule has 0 saturated carbocycles. The zero-order valence-corrected chi connectivity index (χ0v) is 13.6. The largest absolute Gasteiger partial charge is 0.348 e. The second kappa shape index (κ2) is 6.35. The van der Waals surface area contributed by atoms with Gasteiger partial charge in [0, 0.05) is 12.6 Å². The lowest BCUT2D eigenvalue weighted by molar-refractivity contribution is -0.116. The van der Waals surface area contributed by atoms with Crippen molar-refractivity contribution in [3.8, 4) is 0 Å². The van der Waals surface area contributed by atoms with E-state index in [1.165, 1.54) is 3.20 Å². The minimum atomic E-state index is -1.34. The van der Waals surface area contributed by atoms with Crippen LogP contribution in [0.1, 0.15) is 5.56 Å². The third-order valence-corrected chi connectivity index (χ3v) is 9.03. The molecule has 0 aliphatic rings. The maximum absolute atomic E-state index is 11.7. The van der Waals surface area contributed by atoms with Gasteiger partial charge in [0.25, 0.3) is 0 Å². The predicted molar refractivity (Wildman–Crippen MR) is 83.7 cm³/mol. The zero-order chi connectivity index (χ0) is 12.9. The van der Waals surface area contributed by atoms with Crippen LogP contribution in [0.4, 0.5) is 0 Å². The van der Waals surface area contributed by atoms with Gasteiger partial charge in [0.1, 0.15) is 0 Å². The molecule has 17 heavy (non-hydrogen) atoms. The summed E-state index contributed by atoms with van der Waals surface area (Å²) in [5, 5.41) is 2.90. The third-order valence-electron chi connectivity index (χ3n) is 2.28. The lowest BCUT2D eigenvalue weighted by Gasteiger charge is -2.14. The quantitative estimate of drug-likeness (QED) is 0.498. The van der Waals surface area contributed by atoms with E-state index in [9.17, 15) is 4.79 Å². The number of benzene rings is 1. The van der Waals surface area contributed by atoms with Gasteiger partial charge in [0.2, 0.25) is 5.91 Å². The van der Waals surface area contributed by atoms with E-state index in [4.69, 9.17) is 0 Å². The van der Waals surface area contributed by atoms with Crippen molar-refractivity contribution in [1.82, 2.24) is 5.32 Å². The van der Waals surface area contributed by atoms with Gasteiger partial charge in [-0.05, 0) is 8.77 Å². The van der Waals surface area contributed by atoms with Gasteiger partial charge < -0.3 is 5.32 Å². The van der Waals surface area contributed by atoms with Crippen LogP contribution in [-0.2, 0) is 11.3 Å². The Hall–Kier alpha value is -0.623. The summed E-state index contributed by atoms with van der Waals surface area (Å²) in [5.74, 6) is 0.000628. The summed E-state index contributed by atoms with van der Waals surface area (Å²) >= 11 is 2.28. The van der Waals surface area contributed by atoms with Crippen LogP contribution < -0.4 is 5.32 Å². The van der Waals surface area contributed by atoms with Gasteiger partial charge in [-0.2, -0.15) is 0 Å². The third kappa shape index (κ3) is 5.50. The number of halogens is 1. The number of carbonyl (C=O) groups is 1. The number of amides is 1. The number of nitrogens with one attached hydrogen (secondary N) is 1. The van der Waals surface area contributed by atoms with Gasteiger partial charge in [-0.15, -0.1) is 0 Å². The molecule has 0 unspecified atom stereocenters. The summed E-state index contributed by atoms with van der Waals surface area (Å²) in [7, 11) is -1.34. The van der Waals surface area contributed by atoms with Crippen molar-refractivity contribution >= 4 is 36.6 Å². The van der Waals surface area contributed by atoms with Gasteiger partial charge in [-0.25, -0.2) is 0 Å². The van der Waals surface area contributed by atoms with E-state index in [0.717, 1.165) is 5.56 Å². The van der Waals surface area contributed by atoms with E-state index in [2.05, 4.69) is 47.5 Å². The van der Waals surface area contributed by atoms with Crippen LogP contribution in [0.15, 0.2) is 39.6 Å². The molecule has 0 fully saturated rings. The second-order valence-electron chi connectivity index (χ2n) is 4.95. The van der Waals surface area contributed by atoms with Crippen molar-refractivity contribution < 1.29 is 4.79 Å². The topological polar surface area (TPSA) is 29.1 Å². The van der Waals surface area contributed by atoms with Gasteiger partial charge in [0.15, 0.2) is 0 Å². The molecule has 1 aromatic carbocycles. The van der Waals surface area contributed by atoms with Crippen molar-refractivity contribution in [3.05, 3.63) is 45.2 Å². The molecule has 0 spiro atoms. The Kier molecular flexibility index (Phi) is 5.39. The van der Waals surface area contributed by atoms with Crippen LogP contribution in [-0.4, -0.2) is 14.0 Å². The molecule has 0 radical (unpaired) electrons. The first-order valence-electron chi connectivity index (χ1n) is 5.59. The maximum Gasteiger partial charge on any atom is 0.244 e. The van der Waals surface area contributed by atoms with Crippen LogP contribution in [0.25, 0.3) is 0 Å². The van der Waals surface area contributed by atoms with Gasteiger partial charge in [-0.1, -0.05) is 72.6 Å². The summed E-state index contributed by atoms with van der Waals surface area (Å²) in [6, 6.07) is 9.94. The van der Waals surface area contributed by atoms with Crippen LogP contribution in [0.2, 0.25) is 19.6 Å². The van der Waals surface area contributed by atoms with Crippen molar-refractivity contribution in [2.45, 2.75) is 26.2 Å². The number of rotatable bonds is 4. The van der Waals surface area contributed by atoms with Crippen LogP contribution >= 0.6 is 22.6 Å². The summed E-state index contributed by atoms with van der Waals surface area (Å²) in [6.07, 6.45) is 1.73. The summed E-state index contributed by atoms with van der Waals surface area (Å²) in [4.78, 5) is 11.7. The average Bonchev–Trinajstić information content (AvgIpc) is 2.26. The van der Waals surface area contributed by atoms with Gasteiger partial charge in [-0.3, -0.25) is 4.79 Å². The SMILES string of the molecule is C[Si](C)(C)/C(I)=C/C(=O)NCc1ccccc1. The Labute approximate surface area is 118 Å². The molecule has 0 saturated heterocycles. The normalized spacial score (nSPS) is 12.4. The predicted octanol–water partition coefficient (Wildman–Crippen LogP) is 3.50. The molecular formula is C13H18INOSi. The summed E-state index contributed by atoms with van der Waals surface area (Å²) in [6.45, 7) is 7.28. The van der Waals surface area contributed by atoms with E-state index in [0.29, 0.717) is 6.54 Å². The first kappa shape index (κ1) is 14.4. The van der Waals surface area contributed by atoms with E-state index in [1.54, 1.807) is 6.08 Å². The first-order chi connectivity index (χ1) is 7.89.